The van der Waals surface area contributed by atoms with Crippen molar-refractivity contribution in [2.75, 3.05) is 6.54 Å². The van der Waals surface area contributed by atoms with Crippen LogP contribution in [0.3, 0.4) is 0 Å². The van der Waals surface area contributed by atoms with E-state index in [9.17, 15) is 9.90 Å². The van der Waals surface area contributed by atoms with Crippen molar-refractivity contribution in [3.8, 4) is 5.75 Å². The van der Waals surface area contributed by atoms with E-state index in [2.05, 4.69) is 5.32 Å². The highest BCUT2D eigenvalue weighted by atomic mass is 16.3. The van der Waals surface area contributed by atoms with E-state index < -0.39 is 0 Å². The first-order valence-corrected chi connectivity index (χ1v) is 6.42. The van der Waals surface area contributed by atoms with Crippen LogP contribution in [0, 0.1) is 0 Å². The Hall–Kier alpha value is -2.23. The largest absolute Gasteiger partial charge is 0.508 e. The summed E-state index contributed by atoms with van der Waals surface area (Å²) in [5.74, 6) is 0.208. The average molecular weight is 258 g/mol. The predicted molar refractivity (Wildman–Crippen MR) is 74.3 cm³/mol. The average Bonchev–Trinajstić information content (AvgIpc) is 2.89. The lowest BCUT2D eigenvalue weighted by atomic mass is 10.1. The first-order chi connectivity index (χ1) is 9.20. The second-order valence-corrected chi connectivity index (χ2v) is 4.35. The maximum Gasteiger partial charge on any atom is 0.267 e. The highest BCUT2D eigenvalue weighted by Gasteiger charge is 2.08. The van der Waals surface area contributed by atoms with Crippen molar-refractivity contribution < 1.29 is 9.90 Å². The highest BCUT2D eigenvalue weighted by molar-refractivity contribution is 5.92. The fourth-order valence-electron chi connectivity index (χ4n) is 1.97. The van der Waals surface area contributed by atoms with Gasteiger partial charge >= 0.3 is 0 Å². The monoisotopic (exact) mass is 258 g/mol. The number of hydrogen-bond acceptors (Lipinski definition) is 2. The summed E-state index contributed by atoms with van der Waals surface area (Å²) in [6.45, 7) is 3.37. The molecule has 2 rings (SSSR count). The molecule has 0 aliphatic rings. The molecule has 0 saturated heterocycles. The van der Waals surface area contributed by atoms with Crippen molar-refractivity contribution in [3.63, 3.8) is 0 Å². The molecule has 0 unspecified atom stereocenters. The topological polar surface area (TPSA) is 54.3 Å². The zero-order chi connectivity index (χ0) is 13.7. The Balaban J connectivity index is 1.86. The van der Waals surface area contributed by atoms with Crippen molar-refractivity contribution in [2.45, 2.75) is 19.9 Å². The van der Waals surface area contributed by atoms with Crippen molar-refractivity contribution >= 4 is 5.91 Å². The van der Waals surface area contributed by atoms with Gasteiger partial charge in [-0.25, -0.2) is 0 Å². The molecule has 2 aromatic rings. The molecule has 1 heterocycles. The van der Waals surface area contributed by atoms with Gasteiger partial charge in [0.2, 0.25) is 0 Å². The fraction of sp³-hybridized carbons (Fsp3) is 0.267. The third-order valence-electron chi connectivity index (χ3n) is 3.04. The quantitative estimate of drug-likeness (QED) is 0.863. The third-order valence-corrected chi connectivity index (χ3v) is 3.04. The van der Waals surface area contributed by atoms with Crippen LogP contribution in [0.2, 0.25) is 0 Å². The van der Waals surface area contributed by atoms with Gasteiger partial charge < -0.3 is 15.0 Å². The number of hydrogen-bond donors (Lipinski definition) is 2. The number of phenols is 1. The maximum absolute atomic E-state index is 12.0. The molecule has 0 radical (unpaired) electrons. The number of nitrogens with zero attached hydrogens (tertiary/aromatic N) is 1. The number of carbonyl (C=O) groups excluding carboxylic acids is 1. The van der Waals surface area contributed by atoms with Gasteiger partial charge in [0.05, 0.1) is 0 Å². The van der Waals surface area contributed by atoms with E-state index in [1.54, 1.807) is 12.1 Å². The Morgan fingerprint density at radius 3 is 2.68 bits per heavy atom. The van der Waals surface area contributed by atoms with E-state index >= 15 is 0 Å². The number of phenolic OH excluding ortho intramolecular Hbond substituents is 1. The first kappa shape index (κ1) is 13.2. The Labute approximate surface area is 112 Å². The van der Waals surface area contributed by atoms with E-state index in [0.29, 0.717) is 12.2 Å². The van der Waals surface area contributed by atoms with Crippen LogP contribution >= 0.6 is 0 Å². The molecule has 0 fully saturated rings. The van der Waals surface area contributed by atoms with Crippen molar-refractivity contribution in [2.24, 2.45) is 0 Å². The van der Waals surface area contributed by atoms with Crippen LogP contribution < -0.4 is 5.32 Å². The number of carbonyl (C=O) groups is 1. The number of aromatic nitrogens is 1. The second kappa shape index (κ2) is 6.09. The minimum absolute atomic E-state index is 0.0503. The molecule has 2 N–H and O–H groups in total. The number of rotatable bonds is 5. The highest BCUT2D eigenvalue weighted by Crippen LogP contribution is 2.09. The van der Waals surface area contributed by atoms with Crippen LogP contribution in [0.25, 0.3) is 0 Å². The molecule has 1 aromatic carbocycles. The van der Waals surface area contributed by atoms with Crippen LogP contribution in [-0.4, -0.2) is 22.1 Å². The minimum atomic E-state index is -0.0503. The zero-order valence-corrected chi connectivity index (χ0v) is 11.0. The molecule has 0 spiro atoms. The summed E-state index contributed by atoms with van der Waals surface area (Å²) >= 11 is 0. The third kappa shape index (κ3) is 3.37. The summed E-state index contributed by atoms with van der Waals surface area (Å²) in [6, 6.07) is 10.7. The fourth-order valence-corrected chi connectivity index (χ4v) is 1.97. The van der Waals surface area contributed by atoms with Crippen LogP contribution in [-0.2, 0) is 13.0 Å². The van der Waals surface area contributed by atoms with E-state index in [-0.39, 0.29) is 11.7 Å². The summed E-state index contributed by atoms with van der Waals surface area (Å²) in [5, 5.41) is 12.1. The molecule has 0 aliphatic carbocycles. The van der Waals surface area contributed by atoms with Gasteiger partial charge in [0.15, 0.2) is 0 Å². The van der Waals surface area contributed by atoms with Gasteiger partial charge in [-0.15, -0.1) is 0 Å². The molecule has 19 heavy (non-hydrogen) atoms. The summed E-state index contributed by atoms with van der Waals surface area (Å²) in [7, 11) is 0. The van der Waals surface area contributed by atoms with Gasteiger partial charge in [0, 0.05) is 19.3 Å². The first-order valence-electron chi connectivity index (χ1n) is 6.42. The summed E-state index contributed by atoms with van der Waals surface area (Å²) < 4.78 is 1.91. The van der Waals surface area contributed by atoms with E-state index in [1.165, 1.54) is 0 Å². The van der Waals surface area contributed by atoms with Crippen molar-refractivity contribution in [1.29, 1.82) is 0 Å². The molecule has 0 aliphatic heterocycles. The van der Waals surface area contributed by atoms with Crippen LogP contribution in [0.5, 0.6) is 5.75 Å². The Bertz CT molecular complexity index is 544. The maximum atomic E-state index is 12.0. The molecule has 4 heteroatoms. The number of benzene rings is 1. The molecular formula is C15H18N2O2. The zero-order valence-electron chi connectivity index (χ0n) is 11.0. The molecular weight excluding hydrogens is 240 g/mol. The van der Waals surface area contributed by atoms with Crippen LogP contribution in [0.4, 0.5) is 0 Å². The number of nitrogens with one attached hydrogen (secondary N) is 1. The van der Waals surface area contributed by atoms with Gasteiger partial charge in [-0.05, 0) is 43.2 Å². The van der Waals surface area contributed by atoms with Crippen molar-refractivity contribution in [1.82, 2.24) is 9.88 Å². The molecule has 0 saturated carbocycles. The lowest BCUT2D eigenvalue weighted by Gasteiger charge is -2.08. The smallest absolute Gasteiger partial charge is 0.267 e. The molecule has 0 atom stereocenters. The molecule has 100 valence electrons. The Kier molecular flexibility index (Phi) is 4.23. The lowest BCUT2D eigenvalue weighted by Crippen LogP contribution is -2.27. The van der Waals surface area contributed by atoms with Gasteiger partial charge in [-0.1, -0.05) is 12.1 Å². The molecule has 4 nitrogen and oxygen atoms in total. The van der Waals surface area contributed by atoms with E-state index in [4.69, 9.17) is 0 Å². The van der Waals surface area contributed by atoms with Gasteiger partial charge in [-0.2, -0.15) is 0 Å². The normalized spacial score (nSPS) is 10.4. The Morgan fingerprint density at radius 2 is 2.00 bits per heavy atom. The summed E-state index contributed by atoms with van der Waals surface area (Å²) in [6.07, 6.45) is 2.65. The second-order valence-electron chi connectivity index (χ2n) is 4.35. The van der Waals surface area contributed by atoms with E-state index in [1.807, 2.05) is 42.0 Å². The number of aryl methyl sites for hydroxylation is 1. The number of amides is 1. The number of aromatic hydroxyl groups is 1. The molecule has 1 amide bonds. The lowest BCUT2D eigenvalue weighted by molar-refractivity contribution is 0.0945. The van der Waals surface area contributed by atoms with E-state index in [0.717, 1.165) is 18.5 Å². The SMILES string of the molecule is CCn1cccc1C(=O)NCCc1ccc(O)cc1. The molecule has 0 bridgehead atoms. The van der Waals surface area contributed by atoms with Crippen LogP contribution in [0.15, 0.2) is 42.6 Å². The standard InChI is InChI=1S/C15H18N2O2/c1-2-17-11-3-4-14(17)15(19)16-10-9-12-5-7-13(18)8-6-12/h3-8,11,18H,2,9-10H2,1H3,(H,16,19). The Morgan fingerprint density at radius 1 is 1.26 bits per heavy atom. The predicted octanol–water partition coefficient (Wildman–Crippen LogP) is 2.19. The van der Waals surface area contributed by atoms with Crippen molar-refractivity contribution in [3.05, 3.63) is 53.9 Å². The van der Waals surface area contributed by atoms with Gasteiger partial charge in [0.1, 0.15) is 11.4 Å². The molecule has 1 aromatic heterocycles. The minimum Gasteiger partial charge on any atom is -0.508 e. The summed E-state index contributed by atoms with van der Waals surface area (Å²) in [5.41, 5.74) is 1.78. The van der Waals surface area contributed by atoms with Crippen LogP contribution in [0.1, 0.15) is 23.0 Å². The summed E-state index contributed by atoms with van der Waals surface area (Å²) in [4.78, 5) is 12.0. The van der Waals surface area contributed by atoms with Gasteiger partial charge in [-0.3, -0.25) is 4.79 Å². The van der Waals surface area contributed by atoms with Gasteiger partial charge in [0.25, 0.3) is 5.91 Å².